The van der Waals surface area contributed by atoms with Gasteiger partial charge in [0.25, 0.3) is 0 Å². The Kier molecular flexibility index (Phi) is 6.12. The normalized spacial score (nSPS) is 11.0. The van der Waals surface area contributed by atoms with Crippen LogP contribution in [0.25, 0.3) is 0 Å². The number of nitrogens with one attached hydrogen (secondary N) is 1. The summed E-state index contributed by atoms with van der Waals surface area (Å²) >= 11 is 15.8. The lowest BCUT2D eigenvalue weighted by molar-refractivity contribution is 0.748. The molecule has 0 aliphatic rings. The Morgan fingerprint density at radius 3 is 2.45 bits per heavy atom. The quantitative estimate of drug-likeness (QED) is 0.568. The van der Waals surface area contributed by atoms with Gasteiger partial charge in [0.1, 0.15) is 0 Å². The molecule has 0 spiro atoms. The number of benzene rings is 2. The zero-order valence-corrected chi connectivity index (χ0v) is 15.4. The molecule has 116 valence electrons. The van der Waals surface area contributed by atoms with E-state index in [1.165, 1.54) is 0 Å². The third-order valence-electron chi connectivity index (χ3n) is 3.08. The van der Waals surface area contributed by atoms with Gasteiger partial charge < -0.3 is 10.3 Å². The molecule has 22 heavy (non-hydrogen) atoms. The fourth-order valence-corrected chi connectivity index (χ4v) is 3.19. The summed E-state index contributed by atoms with van der Waals surface area (Å²) in [5, 5.41) is 5.47. The van der Waals surface area contributed by atoms with Gasteiger partial charge in [0.2, 0.25) is 0 Å². The van der Waals surface area contributed by atoms with Gasteiger partial charge in [-0.1, -0.05) is 35.3 Å². The smallest absolute Gasteiger partial charge is 0.0609 e. The van der Waals surface area contributed by atoms with Gasteiger partial charge >= 0.3 is 0 Å². The molecule has 0 fully saturated rings. The van der Waals surface area contributed by atoms with Crippen molar-refractivity contribution in [2.24, 2.45) is 5.10 Å². The summed E-state index contributed by atoms with van der Waals surface area (Å²) in [6.45, 7) is 0.478. The number of anilines is 1. The Labute approximate surface area is 149 Å². The van der Waals surface area contributed by atoms with Crippen LogP contribution in [0.15, 0.2) is 46.0 Å². The molecular formula is C16H16BrCl2N3. The van der Waals surface area contributed by atoms with E-state index in [1.54, 1.807) is 6.21 Å². The van der Waals surface area contributed by atoms with Crippen molar-refractivity contribution in [2.75, 3.05) is 19.0 Å². The minimum absolute atomic E-state index is 0.478. The molecule has 2 aromatic carbocycles. The summed E-state index contributed by atoms with van der Waals surface area (Å²) in [6, 6.07) is 11.5. The van der Waals surface area contributed by atoms with Crippen LogP contribution in [0.3, 0.4) is 0 Å². The van der Waals surface area contributed by atoms with Crippen LogP contribution in [0, 0.1) is 0 Å². The van der Waals surface area contributed by atoms with Gasteiger partial charge in [-0.2, -0.15) is 5.10 Å². The molecule has 0 unspecified atom stereocenters. The molecule has 2 rings (SSSR count). The summed E-state index contributed by atoms with van der Waals surface area (Å²) in [6.07, 6.45) is 1.76. The van der Waals surface area contributed by atoms with Crippen molar-refractivity contribution < 1.29 is 0 Å². The van der Waals surface area contributed by atoms with E-state index in [0.29, 0.717) is 16.6 Å². The molecule has 0 aromatic heterocycles. The summed E-state index contributed by atoms with van der Waals surface area (Å²) < 4.78 is 1.02. The minimum Gasteiger partial charge on any atom is -0.377 e. The molecule has 0 amide bonds. The third kappa shape index (κ3) is 4.38. The molecule has 2 aromatic rings. The molecule has 0 heterocycles. The highest BCUT2D eigenvalue weighted by Gasteiger charge is 2.04. The van der Waals surface area contributed by atoms with Crippen LogP contribution in [0.5, 0.6) is 0 Å². The molecule has 3 nitrogen and oxygen atoms in total. The lowest BCUT2D eigenvalue weighted by Crippen LogP contribution is -2.09. The average Bonchev–Trinajstić information content (AvgIpc) is 2.45. The topological polar surface area (TPSA) is 27.6 Å². The lowest BCUT2D eigenvalue weighted by atomic mass is 10.2. The Morgan fingerprint density at radius 1 is 1.18 bits per heavy atom. The van der Waals surface area contributed by atoms with Crippen molar-refractivity contribution in [2.45, 2.75) is 6.54 Å². The maximum atomic E-state index is 6.11. The Morgan fingerprint density at radius 2 is 1.86 bits per heavy atom. The van der Waals surface area contributed by atoms with Gasteiger partial charge in [0.15, 0.2) is 0 Å². The van der Waals surface area contributed by atoms with Gasteiger partial charge in [-0.3, -0.25) is 0 Å². The summed E-state index contributed by atoms with van der Waals surface area (Å²) in [5.74, 6) is 0. The zero-order valence-electron chi connectivity index (χ0n) is 12.3. The van der Waals surface area contributed by atoms with E-state index in [1.807, 2.05) is 55.4 Å². The molecular weight excluding hydrogens is 385 g/mol. The van der Waals surface area contributed by atoms with Crippen molar-refractivity contribution >= 4 is 51.0 Å². The van der Waals surface area contributed by atoms with Crippen LogP contribution >= 0.6 is 39.1 Å². The SMILES string of the molecule is CN(C)c1ccc(/C=N/NCc2c(Cl)cccc2Cl)cc1Br. The van der Waals surface area contributed by atoms with Crippen LogP contribution < -0.4 is 10.3 Å². The first-order valence-corrected chi connectivity index (χ1v) is 8.19. The highest BCUT2D eigenvalue weighted by atomic mass is 79.9. The molecule has 0 radical (unpaired) electrons. The molecule has 1 N–H and O–H groups in total. The fourth-order valence-electron chi connectivity index (χ4n) is 1.91. The monoisotopic (exact) mass is 399 g/mol. The van der Waals surface area contributed by atoms with E-state index in [4.69, 9.17) is 23.2 Å². The Balaban J connectivity index is 2.00. The van der Waals surface area contributed by atoms with Gasteiger partial charge in [-0.15, -0.1) is 0 Å². The first-order chi connectivity index (χ1) is 10.5. The molecule has 6 heteroatoms. The van der Waals surface area contributed by atoms with Gasteiger partial charge in [0.05, 0.1) is 18.4 Å². The number of hydrazone groups is 1. The van der Waals surface area contributed by atoms with E-state index in [-0.39, 0.29) is 0 Å². The minimum atomic E-state index is 0.478. The van der Waals surface area contributed by atoms with Crippen molar-refractivity contribution in [3.63, 3.8) is 0 Å². The molecule has 0 saturated heterocycles. The largest absolute Gasteiger partial charge is 0.377 e. The van der Waals surface area contributed by atoms with Gasteiger partial charge in [0, 0.05) is 34.2 Å². The lowest BCUT2D eigenvalue weighted by Gasteiger charge is -2.14. The first kappa shape index (κ1) is 17.1. The van der Waals surface area contributed by atoms with E-state index in [0.717, 1.165) is 21.3 Å². The Bertz CT molecular complexity index is 667. The fraction of sp³-hybridized carbons (Fsp3) is 0.188. The van der Waals surface area contributed by atoms with Gasteiger partial charge in [-0.25, -0.2) is 0 Å². The number of halogens is 3. The second-order valence-corrected chi connectivity index (χ2v) is 6.57. The Hall–Kier alpha value is -1.23. The van der Waals surface area contributed by atoms with Crippen molar-refractivity contribution in [3.05, 3.63) is 62.0 Å². The van der Waals surface area contributed by atoms with Crippen LogP contribution in [-0.2, 0) is 6.54 Å². The maximum absolute atomic E-state index is 6.11. The van der Waals surface area contributed by atoms with E-state index >= 15 is 0 Å². The van der Waals surface area contributed by atoms with Gasteiger partial charge in [-0.05, 0) is 45.8 Å². The average molecular weight is 401 g/mol. The van der Waals surface area contributed by atoms with Crippen molar-refractivity contribution in [3.8, 4) is 0 Å². The standard InChI is InChI=1S/C16H16BrCl2N3/c1-22(2)16-7-6-11(8-13(16)17)9-20-21-10-12-14(18)4-3-5-15(12)19/h3-9,21H,10H2,1-2H3/b20-9+. The zero-order chi connectivity index (χ0) is 16.1. The van der Waals surface area contributed by atoms with Crippen molar-refractivity contribution in [1.29, 1.82) is 0 Å². The van der Waals surface area contributed by atoms with Crippen molar-refractivity contribution in [1.82, 2.24) is 5.43 Å². The van der Waals surface area contributed by atoms with Crippen LogP contribution in [-0.4, -0.2) is 20.3 Å². The third-order valence-corrected chi connectivity index (χ3v) is 4.42. The molecule has 0 bridgehead atoms. The van der Waals surface area contributed by atoms with E-state index < -0.39 is 0 Å². The predicted molar refractivity (Wildman–Crippen MR) is 99.4 cm³/mol. The van der Waals surface area contributed by atoms with Crippen LogP contribution in [0.4, 0.5) is 5.69 Å². The predicted octanol–water partition coefficient (Wildman–Crippen LogP) is 4.95. The summed E-state index contributed by atoms with van der Waals surface area (Å²) in [5.41, 5.74) is 5.92. The van der Waals surface area contributed by atoms with E-state index in [2.05, 4.69) is 26.5 Å². The molecule has 0 aliphatic carbocycles. The molecule has 0 aliphatic heterocycles. The highest BCUT2D eigenvalue weighted by molar-refractivity contribution is 9.10. The summed E-state index contributed by atoms with van der Waals surface area (Å²) in [7, 11) is 4.01. The highest BCUT2D eigenvalue weighted by Crippen LogP contribution is 2.25. The number of hydrogen-bond acceptors (Lipinski definition) is 3. The number of rotatable bonds is 5. The second-order valence-electron chi connectivity index (χ2n) is 4.90. The summed E-state index contributed by atoms with van der Waals surface area (Å²) in [4.78, 5) is 2.04. The first-order valence-electron chi connectivity index (χ1n) is 6.64. The molecule has 0 saturated carbocycles. The number of hydrogen-bond donors (Lipinski definition) is 1. The maximum Gasteiger partial charge on any atom is 0.0609 e. The van der Waals surface area contributed by atoms with Crippen LogP contribution in [0.2, 0.25) is 10.0 Å². The van der Waals surface area contributed by atoms with E-state index in [9.17, 15) is 0 Å². The molecule has 0 atom stereocenters. The number of nitrogens with zero attached hydrogens (tertiary/aromatic N) is 2. The second kappa shape index (κ2) is 7.86. The van der Waals surface area contributed by atoms with Crippen LogP contribution in [0.1, 0.15) is 11.1 Å².